The fraction of sp³-hybridized carbons (Fsp3) is 0.476. The molecule has 4 atom stereocenters. The van der Waals surface area contributed by atoms with Gasteiger partial charge in [-0.25, -0.2) is 4.79 Å². The van der Waals surface area contributed by atoms with Gasteiger partial charge in [0, 0.05) is 18.7 Å². The predicted molar refractivity (Wildman–Crippen MR) is 132 cm³/mol. The van der Waals surface area contributed by atoms with Gasteiger partial charge in [0.25, 0.3) is 0 Å². The molecule has 0 spiro atoms. The van der Waals surface area contributed by atoms with Gasteiger partial charge < -0.3 is 43.4 Å². The average molecular weight is 512 g/mol. The third-order valence-electron chi connectivity index (χ3n) is 4.82. The molecular weight excluding hydrogens is 478 g/mol. The highest BCUT2D eigenvalue weighted by Gasteiger charge is 2.30. The third kappa shape index (κ3) is 11.1. The van der Waals surface area contributed by atoms with Gasteiger partial charge in [-0.05, 0) is 18.4 Å². The molecule has 4 unspecified atom stereocenters. The summed E-state index contributed by atoms with van der Waals surface area (Å²) in [4.78, 5) is 53.2. The van der Waals surface area contributed by atoms with Crippen molar-refractivity contribution < 1.29 is 29.4 Å². The van der Waals surface area contributed by atoms with Crippen LogP contribution in [0.1, 0.15) is 18.4 Å². The maximum absolute atomic E-state index is 12.9. The Morgan fingerprint density at radius 3 is 2.06 bits per heavy atom. The summed E-state index contributed by atoms with van der Waals surface area (Å²) >= 11 is 3.91. The van der Waals surface area contributed by atoms with E-state index >= 15 is 0 Å². The van der Waals surface area contributed by atoms with E-state index in [0.29, 0.717) is 5.56 Å². The first-order valence-corrected chi connectivity index (χ1v) is 11.4. The lowest BCUT2D eigenvalue weighted by Gasteiger charge is -2.24. The van der Waals surface area contributed by atoms with Gasteiger partial charge in [-0.2, -0.15) is 12.6 Å². The molecule has 0 aliphatic carbocycles. The number of benzene rings is 1. The first-order valence-electron chi connectivity index (χ1n) is 10.8. The number of nitrogens with one attached hydrogen (secondary N) is 3. The number of nitrogens with two attached hydrogens (primary N) is 3. The number of carbonyl (C=O) groups is 4. The Bertz CT molecular complexity index is 882. The summed E-state index contributed by atoms with van der Waals surface area (Å²) in [5.74, 6) is -3.72. The number of aliphatic hydroxyl groups excluding tert-OH is 1. The third-order valence-corrected chi connectivity index (χ3v) is 5.22. The molecule has 0 aliphatic heterocycles. The number of aliphatic imine (C=N–C) groups is 1. The van der Waals surface area contributed by atoms with Crippen LogP contribution in [0.15, 0.2) is 35.3 Å². The monoisotopic (exact) mass is 511 g/mol. The molecule has 1 rings (SSSR count). The first kappa shape index (κ1) is 29.7. The van der Waals surface area contributed by atoms with Crippen LogP contribution in [0.4, 0.5) is 0 Å². The Morgan fingerprint density at radius 2 is 1.51 bits per heavy atom. The zero-order chi connectivity index (χ0) is 26.4. The van der Waals surface area contributed by atoms with Gasteiger partial charge in [-0.15, -0.1) is 0 Å². The number of hydrogen-bond donors (Lipinski definition) is 9. The topological polar surface area (TPSA) is 235 Å². The Hall–Kier alpha value is -3.36. The van der Waals surface area contributed by atoms with Gasteiger partial charge in [0.1, 0.15) is 18.1 Å². The molecule has 0 heterocycles. The largest absolute Gasteiger partial charge is 0.480 e. The van der Waals surface area contributed by atoms with E-state index in [2.05, 4.69) is 33.6 Å². The van der Waals surface area contributed by atoms with E-state index in [1.54, 1.807) is 30.3 Å². The highest BCUT2D eigenvalue weighted by Crippen LogP contribution is 2.06. The number of hydrogen-bond acceptors (Lipinski definition) is 8. The second-order valence-electron chi connectivity index (χ2n) is 7.63. The number of carboxylic acids is 1. The number of carboxylic acid groups (broad SMARTS) is 1. The number of amides is 3. The second-order valence-corrected chi connectivity index (χ2v) is 8.00. The summed E-state index contributed by atoms with van der Waals surface area (Å²) < 4.78 is 0. The molecule has 35 heavy (non-hydrogen) atoms. The van der Waals surface area contributed by atoms with E-state index in [-0.39, 0.29) is 37.5 Å². The maximum Gasteiger partial charge on any atom is 0.326 e. The van der Waals surface area contributed by atoms with Gasteiger partial charge in [-0.3, -0.25) is 19.4 Å². The van der Waals surface area contributed by atoms with Crippen molar-refractivity contribution in [2.45, 2.75) is 43.4 Å². The van der Waals surface area contributed by atoms with E-state index in [4.69, 9.17) is 17.2 Å². The minimum absolute atomic E-state index is 0.0133. The van der Waals surface area contributed by atoms with Crippen molar-refractivity contribution in [1.82, 2.24) is 16.0 Å². The van der Waals surface area contributed by atoms with E-state index < -0.39 is 54.5 Å². The van der Waals surface area contributed by atoms with Crippen molar-refractivity contribution in [3.63, 3.8) is 0 Å². The molecule has 13 nitrogen and oxygen atoms in total. The van der Waals surface area contributed by atoms with Crippen LogP contribution in [0.3, 0.4) is 0 Å². The number of nitrogens with zero attached hydrogens (tertiary/aromatic N) is 1. The lowest BCUT2D eigenvalue weighted by atomic mass is 10.0. The van der Waals surface area contributed by atoms with Crippen LogP contribution in [-0.2, 0) is 25.6 Å². The maximum atomic E-state index is 12.9. The van der Waals surface area contributed by atoms with Crippen LogP contribution in [0.5, 0.6) is 0 Å². The molecule has 14 heteroatoms. The summed E-state index contributed by atoms with van der Waals surface area (Å²) in [6, 6.07) is 3.86. The molecule has 0 radical (unpaired) electrons. The molecule has 194 valence electrons. The second kappa shape index (κ2) is 15.5. The van der Waals surface area contributed by atoms with E-state index in [0.717, 1.165) is 0 Å². The van der Waals surface area contributed by atoms with Crippen molar-refractivity contribution in [1.29, 1.82) is 0 Å². The van der Waals surface area contributed by atoms with E-state index in [1.165, 1.54) is 0 Å². The van der Waals surface area contributed by atoms with Crippen LogP contribution >= 0.6 is 12.6 Å². The Kier molecular flexibility index (Phi) is 13.2. The average Bonchev–Trinajstić information content (AvgIpc) is 2.83. The molecule has 1 aromatic rings. The molecule has 0 aromatic heterocycles. The summed E-state index contributed by atoms with van der Waals surface area (Å²) in [5.41, 5.74) is 16.8. The summed E-state index contributed by atoms with van der Waals surface area (Å²) in [7, 11) is 0. The van der Waals surface area contributed by atoms with Crippen LogP contribution in [0, 0.1) is 0 Å². The van der Waals surface area contributed by atoms with E-state index in [9.17, 15) is 29.4 Å². The highest BCUT2D eigenvalue weighted by atomic mass is 32.1. The van der Waals surface area contributed by atoms with Crippen molar-refractivity contribution in [3.8, 4) is 0 Å². The van der Waals surface area contributed by atoms with Crippen LogP contribution in [0.2, 0.25) is 0 Å². The van der Waals surface area contributed by atoms with Gasteiger partial charge in [0.2, 0.25) is 17.7 Å². The van der Waals surface area contributed by atoms with Crippen molar-refractivity contribution in [2.24, 2.45) is 22.2 Å². The number of aliphatic hydroxyl groups is 1. The fourth-order valence-electron chi connectivity index (χ4n) is 2.92. The molecule has 1 aromatic carbocycles. The minimum Gasteiger partial charge on any atom is -0.480 e. The van der Waals surface area contributed by atoms with E-state index in [1.807, 2.05) is 0 Å². The molecular formula is C21H33N7O6S. The predicted octanol–water partition coefficient (Wildman–Crippen LogP) is -2.93. The van der Waals surface area contributed by atoms with Gasteiger partial charge >= 0.3 is 5.97 Å². The van der Waals surface area contributed by atoms with Gasteiger partial charge in [0.05, 0.1) is 12.6 Å². The molecule has 0 saturated carbocycles. The molecule has 3 amide bonds. The van der Waals surface area contributed by atoms with Crippen LogP contribution < -0.4 is 33.2 Å². The summed E-state index contributed by atoms with van der Waals surface area (Å²) in [6.07, 6.45) is 0.342. The molecule has 0 aliphatic rings. The van der Waals surface area contributed by atoms with Crippen LogP contribution in [-0.4, -0.2) is 82.9 Å². The quantitative estimate of drug-likeness (QED) is 0.0506. The van der Waals surface area contributed by atoms with Gasteiger partial charge in [-0.1, -0.05) is 30.3 Å². The van der Waals surface area contributed by atoms with Gasteiger partial charge in [0.15, 0.2) is 5.96 Å². The SMILES string of the molecule is NC(N)=NCCCC(NC(=O)C(CO)NC(=O)C(N)CS)C(=O)NC(Cc1ccccc1)C(=O)O. The highest BCUT2D eigenvalue weighted by molar-refractivity contribution is 7.80. The van der Waals surface area contributed by atoms with Crippen LogP contribution in [0.25, 0.3) is 0 Å². The number of rotatable bonds is 15. The fourth-order valence-corrected chi connectivity index (χ4v) is 3.09. The summed E-state index contributed by atoms with van der Waals surface area (Å²) in [6.45, 7) is -0.601. The summed E-state index contributed by atoms with van der Waals surface area (Å²) in [5, 5.41) is 26.3. The first-order chi connectivity index (χ1) is 16.6. The standard InChI is InChI=1S/C21H33N7O6S/c22-13(11-35)17(30)28-16(10-29)19(32)26-14(7-4-8-25-21(23)24)18(31)27-15(20(33)34)9-12-5-2-1-3-6-12/h1-3,5-6,13-16,29,35H,4,7-11,22H2,(H,26,32)(H,27,31)(H,28,30)(H,33,34)(H4,23,24,25). The number of guanidine groups is 1. The normalized spacial score (nSPS) is 14.0. The number of carbonyl (C=O) groups excluding carboxylic acids is 3. The molecule has 11 N–H and O–H groups in total. The Morgan fingerprint density at radius 1 is 0.943 bits per heavy atom. The lowest BCUT2D eigenvalue weighted by Crippen LogP contribution is -2.58. The molecule has 0 bridgehead atoms. The molecule has 0 fully saturated rings. The Labute approximate surface area is 208 Å². The lowest BCUT2D eigenvalue weighted by molar-refractivity contribution is -0.142. The molecule has 0 saturated heterocycles. The smallest absolute Gasteiger partial charge is 0.326 e. The zero-order valence-corrected chi connectivity index (χ0v) is 20.0. The number of thiol groups is 1. The van der Waals surface area contributed by atoms with Crippen molar-refractivity contribution in [3.05, 3.63) is 35.9 Å². The minimum atomic E-state index is -1.39. The van der Waals surface area contributed by atoms with Crippen molar-refractivity contribution in [2.75, 3.05) is 18.9 Å². The Balaban J connectivity index is 2.96. The number of aliphatic carboxylic acids is 1. The zero-order valence-electron chi connectivity index (χ0n) is 19.1. The van der Waals surface area contributed by atoms with Crippen molar-refractivity contribution >= 4 is 42.3 Å².